The second kappa shape index (κ2) is 8.22. The summed E-state index contributed by atoms with van der Waals surface area (Å²) in [6, 6.07) is 6.98. The van der Waals surface area contributed by atoms with Crippen LogP contribution in [0.5, 0.6) is 0 Å². The van der Waals surface area contributed by atoms with Crippen LogP contribution in [0, 0.1) is 12.7 Å². The molecule has 0 bridgehead atoms. The first-order valence-corrected chi connectivity index (χ1v) is 7.93. The minimum Gasteiger partial charge on any atom is -0.383 e. The molecule has 21 heavy (non-hydrogen) atoms. The fourth-order valence-corrected chi connectivity index (χ4v) is 2.93. The topological polar surface area (TPSA) is 34.1 Å². The fraction of sp³-hybridized carbons (Fsp3) is 0.438. The van der Waals surface area contributed by atoms with Crippen molar-refractivity contribution in [1.82, 2.24) is 10.3 Å². The van der Waals surface area contributed by atoms with E-state index in [2.05, 4.69) is 15.7 Å². The Morgan fingerprint density at radius 2 is 2.19 bits per heavy atom. The number of methoxy groups -OCH3 is 1. The molecule has 0 aliphatic rings. The fourth-order valence-electron chi connectivity index (χ4n) is 2.30. The molecule has 1 unspecified atom stereocenters. The van der Waals surface area contributed by atoms with E-state index in [1.165, 1.54) is 6.07 Å². The van der Waals surface area contributed by atoms with Crippen molar-refractivity contribution < 1.29 is 9.13 Å². The maximum absolute atomic E-state index is 14.1. The molecule has 1 heterocycles. The number of hydrogen-bond acceptors (Lipinski definition) is 4. The monoisotopic (exact) mass is 308 g/mol. The van der Waals surface area contributed by atoms with Crippen molar-refractivity contribution in [3.05, 3.63) is 51.7 Å². The number of ether oxygens (including phenoxy) is 1. The lowest BCUT2D eigenvalue weighted by atomic mass is 9.94. The number of nitrogens with one attached hydrogen (secondary N) is 1. The van der Waals surface area contributed by atoms with Crippen LogP contribution in [0.25, 0.3) is 0 Å². The van der Waals surface area contributed by atoms with E-state index in [1.54, 1.807) is 24.5 Å². The molecule has 2 rings (SSSR count). The minimum absolute atomic E-state index is 0.0737. The van der Waals surface area contributed by atoms with Crippen molar-refractivity contribution in [3.8, 4) is 0 Å². The van der Waals surface area contributed by atoms with E-state index in [9.17, 15) is 4.39 Å². The Labute approximate surface area is 129 Å². The number of aryl methyl sites for hydroxylation is 1. The molecule has 0 aliphatic carbocycles. The van der Waals surface area contributed by atoms with Gasteiger partial charge in [-0.2, -0.15) is 0 Å². The SMILES string of the molecule is COCCNCC(Cc1csc(C)n1)c1ccccc1F. The molecular weight excluding hydrogens is 287 g/mol. The van der Waals surface area contributed by atoms with Gasteiger partial charge in [-0.1, -0.05) is 18.2 Å². The van der Waals surface area contributed by atoms with Gasteiger partial charge in [0.1, 0.15) is 5.82 Å². The highest BCUT2D eigenvalue weighted by Crippen LogP contribution is 2.23. The molecule has 0 saturated carbocycles. The number of halogens is 1. The lowest BCUT2D eigenvalue weighted by Crippen LogP contribution is -2.26. The highest BCUT2D eigenvalue weighted by atomic mass is 32.1. The molecule has 1 aromatic heterocycles. The second-order valence-electron chi connectivity index (χ2n) is 4.98. The number of thiazole rings is 1. The van der Waals surface area contributed by atoms with Gasteiger partial charge in [0, 0.05) is 31.5 Å². The average Bonchev–Trinajstić information content (AvgIpc) is 2.88. The molecule has 0 spiro atoms. The summed E-state index contributed by atoms with van der Waals surface area (Å²) in [6.07, 6.45) is 0.741. The summed E-state index contributed by atoms with van der Waals surface area (Å²) in [7, 11) is 1.67. The van der Waals surface area contributed by atoms with Gasteiger partial charge in [0.2, 0.25) is 0 Å². The lowest BCUT2D eigenvalue weighted by Gasteiger charge is -2.18. The molecule has 0 radical (unpaired) electrons. The Balaban J connectivity index is 2.08. The summed E-state index contributed by atoms with van der Waals surface area (Å²) < 4.78 is 19.1. The van der Waals surface area contributed by atoms with E-state index < -0.39 is 0 Å². The summed E-state index contributed by atoms with van der Waals surface area (Å²) in [5.74, 6) is -0.0763. The Hall–Kier alpha value is -1.30. The Kier molecular flexibility index (Phi) is 6.29. The first kappa shape index (κ1) is 16.1. The molecule has 3 nitrogen and oxygen atoms in total. The third kappa shape index (κ3) is 4.88. The van der Waals surface area contributed by atoms with E-state index in [-0.39, 0.29) is 11.7 Å². The summed E-state index contributed by atoms with van der Waals surface area (Å²) in [5.41, 5.74) is 1.77. The first-order valence-electron chi connectivity index (χ1n) is 7.05. The predicted molar refractivity (Wildman–Crippen MR) is 84.4 cm³/mol. The molecule has 114 valence electrons. The molecule has 2 aromatic rings. The van der Waals surface area contributed by atoms with Crippen LogP contribution in [0.15, 0.2) is 29.6 Å². The van der Waals surface area contributed by atoms with Gasteiger partial charge in [-0.25, -0.2) is 9.37 Å². The van der Waals surface area contributed by atoms with Crippen LogP contribution in [0.1, 0.15) is 22.2 Å². The number of hydrogen-bond donors (Lipinski definition) is 1. The summed E-state index contributed by atoms with van der Waals surface area (Å²) in [6.45, 7) is 4.11. The van der Waals surface area contributed by atoms with Crippen molar-refractivity contribution in [2.24, 2.45) is 0 Å². The molecule has 0 saturated heterocycles. The van der Waals surface area contributed by atoms with Crippen molar-refractivity contribution in [1.29, 1.82) is 0 Å². The van der Waals surface area contributed by atoms with Gasteiger partial charge in [-0.05, 0) is 25.0 Å². The van der Waals surface area contributed by atoms with E-state index in [0.29, 0.717) is 13.2 Å². The minimum atomic E-state index is -0.150. The zero-order valence-corrected chi connectivity index (χ0v) is 13.3. The summed E-state index contributed by atoms with van der Waals surface area (Å²) >= 11 is 1.63. The average molecular weight is 308 g/mol. The van der Waals surface area contributed by atoms with Crippen LogP contribution in [0.3, 0.4) is 0 Å². The van der Waals surface area contributed by atoms with Gasteiger partial charge in [-0.3, -0.25) is 0 Å². The molecule has 0 amide bonds. The smallest absolute Gasteiger partial charge is 0.126 e. The first-order chi connectivity index (χ1) is 10.2. The number of rotatable bonds is 8. The highest BCUT2D eigenvalue weighted by molar-refractivity contribution is 7.09. The second-order valence-corrected chi connectivity index (χ2v) is 6.04. The van der Waals surface area contributed by atoms with E-state index in [0.717, 1.165) is 29.2 Å². The molecule has 1 aromatic carbocycles. The van der Waals surface area contributed by atoms with Crippen LogP contribution in [0.2, 0.25) is 0 Å². The third-order valence-corrected chi connectivity index (χ3v) is 4.16. The third-order valence-electron chi connectivity index (χ3n) is 3.34. The van der Waals surface area contributed by atoms with E-state index >= 15 is 0 Å². The molecular formula is C16H21FN2OS. The zero-order valence-electron chi connectivity index (χ0n) is 12.4. The molecule has 0 fully saturated rings. The molecule has 5 heteroatoms. The maximum atomic E-state index is 14.1. The largest absolute Gasteiger partial charge is 0.383 e. The Morgan fingerprint density at radius 3 is 2.86 bits per heavy atom. The van der Waals surface area contributed by atoms with E-state index in [4.69, 9.17) is 4.74 Å². The van der Waals surface area contributed by atoms with Crippen molar-refractivity contribution in [3.63, 3.8) is 0 Å². The molecule has 1 atom stereocenters. The van der Waals surface area contributed by atoms with Crippen LogP contribution in [-0.2, 0) is 11.2 Å². The zero-order chi connectivity index (χ0) is 15.1. The van der Waals surface area contributed by atoms with Gasteiger partial charge in [0.15, 0.2) is 0 Å². The summed E-state index contributed by atoms with van der Waals surface area (Å²) in [5, 5.41) is 6.42. The summed E-state index contributed by atoms with van der Waals surface area (Å²) in [4.78, 5) is 4.49. The quantitative estimate of drug-likeness (QED) is 0.761. The normalized spacial score (nSPS) is 12.5. The van der Waals surface area contributed by atoms with Crippen molar-refractivity contribution in [2.45, 2.75) is 19.3 Å². The molecule has 1 N–H and O–H groups in total. The van der Waals surface area contributed by atoms with Crippen molar-refractivity contribution >= 4 is 11.3 Å². The maximum Gasteiger partial charge on any atom is 0.126 e. The van der Waals surface area contributed by atoms with Crippen molar-refractivity contribution in [2.75, 3.05) is 26.8 Å². The van der Waals surface area contributed by atoms with Gasteiger partial charge in [0.05, 0.1) is 17.3 Å². The number of aromatic nitrogens is 1. The van der Waals surface area contributed by atoms with Gasteiger partial charge in [0.25, 0.3) is 0 Å². The van der Waals surface area contributed by atoms with Gasteiger partial charge in [-0.15, -0.1) is 11.3 Å². The number of benzene rings is 1. The van der Waals surface area contributed by atoms with Crippen LogP contribution < -0.4 is 5.32 Å². The lowest BCUT2D eigenvalue weighted by molar-refractivity contribution is 0.199. The van der Waals surface area contributed by atoms with E-state index in [1.807, 2.05) is 19.1 Å². The Bertz CT molecular complexity index is 559. The van der Waals surface area contributed by atoms with Gasteiger partial charge >= 0.3 is 0 Å². The highest BCUT2D eigenvalue weighted by Gasteiger charge is 2.17. The van der Waals surface area contributed by atoms with Crippen LogP contribution in [0.4, 0.5) is 4.39 Å². The van der Waals surface area contributed by atoms with Crippen LogP contribution >= 0.6 is 11.3 Å². The predicted octanol–water partition coefficient (Wildman–Crippen LogP) is 3.15. The number of nitrogens with zero attached hydrogens (tertiary/aromatic N) is 1. The van der Waals surface area contributed by atoms with Gasteiger partial charge < -0.3 is 10.1 Å². The Morgan fingerprint density at radius 1 is 1.38 bits per heavy atom. The van der Waals surface area contributed by atoms with Crippen LogP contribution in [-0.4, -0.2) is 31.8 Å². The molecule has 0 aliphatic heterocycles. The standard InChI is InChI=1S/C16H21FN2OS/c1-12-19-14(11-21-12)9-13(10-18-7-8-20-2)15-5-3-4-6-16(15)17/h3-6,11,13,18H,7-10H2,1-2H3.